The average molecular weight is 762 g/mol. The number of rotatable bonds is 5. The van der Waals surface area contributed by atoms with Crippen molar-refractivity contribution in [1.29, 1.82) is 0 Å². The molecule has 0 radical (unpaired) electrons. The number of aromatic nitrogens is 5. The van der Waals surface area contributed by atoms with E-state index < -0.39 is 109 Å². The predicted molar refractivity (Wildman–Crippen MR) is 238 cm³/mol. The number of fused-ring (bicyclic) bond motifs is 9. The van der Waals surface area contributed by atoms with Gasteiger partial charge >= 0.3 is 0 Å². The molecule has 4 heterocycles. The fourth-order valence-corrected chi connectivity index (χ4v) is 8.63. The maximum atomic E-state index is 9.21. The van der Waals surface area contributed by atoms with Crippen LogP contribution in [0.15, 0.2) is 188 Å². The van der Waals surface area contributed by atoms with E-state index in [2.05, 4.69) is 30.3 Å². The highest BCUT2D eigenvalue weighted by atomic mass is 32.1. The van der Waals surface area contributed by atoms with Gasteiger partial charge in [-0.1, -0.05) is 133 Å². The van der Waals surface area contributed by atoms with Crippen LogP contribution in [0.3, 0.4) is 0 Å². The summed E-state index contributed by atoms with van der Waals surface area (Å²) in [4.78, 5) is 14.5. The molecule has 0 fully saturated rings. The second-order valence-corrected chi connectivity index (χ2v) is 14.4. The Bertz CT molecular complexity index is 4150. The Kier molecular flexibility index (Phi) is 4.40. The van der Waals surface area contributed by atoms with Crippen molar-refractivity contribution in [1.82, 2.24) is 24.1 Å². The van der Waals surface area contributed by atoms with Crippen molar-refractivity contribution in [3.8, 4) is 45.5 Å². The lowest BCUT2D eigenvalue weighted by atomic mass is 9.97. The standard InChI is InChI=1S/C51H31N5S/c1-6-22-43-37(17-1)38-18-2-7-23-44(38)55(43)50-52-49(53-51(54-50)56-45-24-8-3-19-39(45)40-20-4-9-25-46(40)56)36-16-12-15-34(30-36)32-13-11-14-33(29-32)35-27-28-48-42(31-35)41-21-5-10-26-47(41)57-48/h1-31H/i1D,2D,3D,4D,6D,7D,8D,9D,17D,18D,19D,20D,22D,23D,24D,25D. The molecule has 0 N–H and O–H groups in total. The van der Waals surface area contributed by atoms with Crippen molar-refractivity contribution in [2.75, 3.05) is 0 Å². The molecule has 5 nitrogen and oxygen atoms in total. The van der Waals surface area contributed by atoms with Gasteiger partial charge in [0.1, 0.15) is 0 Å². The zero-order chi connectivity index (χ0) is 51.4. The van der Waals surface area contributed by atoms with Gasteiger partial charge in [0.2, 0.25) is 11.9 Å². The first-order chi connectivity index (χ1) is 34.9. The fourth-order valence-electron chi connectivity index (χ4n) is 7.55. The summed E-state index contributed by atoms with van der Waals surface area (Å²) >= 11 is 1.72. The lowest BCUT2D eigenvalue weighted by molar-refractivity contribution is 0.893. The number of benzene rings is 8. The summed E-state index contributed by atoms with van der Waals surface area (Å²) in [6.07, 6.45) is 0. The SMILES string of the molecule is [2H]c1c([2H])c([2H])c2c(c1[2H])c1c([2H])c([2H])c([2H])c([2H])c1n2-c1nc(-c2cccc(-c3cccc(-c4ccc5sc6ccccc6c5c4)c3)c2)nc(-n2c3c([2H])c([2H])c([2H])c([2H])c3c3c([2H])c([2H])c([2H])c([2H])c32)n1. The van der Waals surface area contributed by atoms with Crippen LogP contribution in [0.1, 0.15) is 21.9 Å². The monoisotopic (exact) mass is 761 g/mol. The van der Waals surface area contributed by atoms with Crippen LogP contribution < -0.4 is 0 Å². The van der Waals surface area contributed by atoms with Gasteiger partial charge in [0, 0.05) is 47.3 Å². The largest absolute Gasteiger partial charge is 0.278 e. The summed E-state index contributed by atoms with van der Waals surface area (Å²) in [5, 5.41) is 1.26. The molecule has 12 rings (SSSR count). The predicted octanol–water partition coefficient (Wildman–Crippen LogP) is 13.4. The minimum atomic E-state index is -0.695. The van der Waals surface area contributed by atoms with E-state index in [9.17, 15) is 5.48 Å². The van der Waals surface area contributed by atoms with E-state index in [0.29, 0.717) is 11.1 Å². The molecule has 4 aromatic heterocycles. The van der Waals surface area contributed by atoms with E-state index in [1.54, 1.807) is 29.5 Å². The summed E-state index contributed by atoms with van der Waals surface area (Å²) in [5.74, 6) is -1.06. The molecule has 0 atom stereocenters. The van der Waals surface area contributed by atoms with Crippen LogP contribution in [0.4, 0.5) is 0 Å². The van der Waals surface area contributed by atoms with Crippen molar-refractivity contribution in [2.45, 2.75) is 0 Å². The van der Waals surface area contributed by atoms with Gasteiger partial charge in [0.15, 0.2) is 5.82 Å². The molecule has 57 heavy (non-hydrogen) atoms. The van der Waals surface area contributed by atoms with E-state index in [0.717, 1.165) is 41.3 Å². The second kappa shape index (κ2) is 12.6. The van der Waals surface area contributed by atoms with Crippen LogP contribution in [-0.2, 0) is 0 Å². The van der Waals surface area contributed by atoms with E-state index in [1.807, 2.05) is 42.5 Å². The van der Waals surface area contributed by atoms with Crippen molar-refractivity contribution in [3.63, 3.8) is 0 Å². The van der Waals surface area contributed by atoms with Crippen LogP contribution in [0.5, 0.6) is 0 Å². The molecule has 0 bridgehead atoms. The van der Waals surface area contributed by atoms with Crippen LogP contribution in [0.2, 0.25) is 0 Å². The molecule has 266 valence electrons. The number of thiophene rings is 1. The third kappa shape index (κ3) is 5.04. The third-order valence-electron chi connectivity index (χ3n) is 10.1. The highest BCUT2D eigenvalue weighted by Gasteiger charge is 2.20. The van der Waals surface area contributed by atoms with Crippen LogP contribution >= 0.6 is 11.3 Å². The molecule has 0 amide bonds. The van der Waals surface area contributed by atoms with Gasteiger partial charge < -0.3 is 0 Å². The quantitative estimate of drug-likeness (QED) is 0.175. The third-order valence-corrected chi connectivity index (χ3v) is 11.3. The highest BCUT2D eigenvalue weighted by Crippen LogP contribution is 2.38. The lowest BCUT2D eigenvalue weighted by Gasteiger charge is -2.13. The molecule has 0 aliphatic rings. The Morgan fingerprint density at radius 3 is 1.35 bits per heavy atom. The van der Waals surface area contributed by atoms with Crippen LogP contribution in [-0.4, -0.2) is 24.1 Å². The maximum Gasteiger partial charge on any atom is 0.240 e. The van der Waals surface area contributed by atoms with Gasteiger partial charge in [0.25, 0.3) is 0 Å². The number of hydrogen-bond acceptors (Lipinski definition) is 4. The second-order valence-electron chi connectivity index (χ2n) is 13.3. The zero-order valence-electron chi connectivity index (χ0n) is 45.3. The summed E-state index contributed by atoms with van der Waals surface area (Å²) in [7, 11) is 0. The van der Waals surface area contributed by atoms with Crippen LogP contribution in [0, 0.1) is 0 Å². The van der Waals surface area contributed by atoms with Gasteiger partial charge in [-0.3, -0.25) is 9.13 Å². The molecular formula is C51H31N5S. The van der Waals surface area contributed by atoms with E-state index in [-0.39, 0.29) is 49.4 Å². The Hall–Kier alpha value is -7.41. The molecule has 0 saturated carbocycles. The summed E-state index contributed by atoms with van der Waals surface area (Å²) < 4.78 is 147. The number of hydrogen-bond donors (Lipinski definition) is 0. The van der Waals surface area contributed by atoms with Crippen molar-refractivity contribution >= 4 is 75.1 Å². The topological polar surface area (TPSA) is 48.5 Å². The minimum Gasteiger partial charge on any atom is -0.278 e. The van der Waals surface area contributed by atoms with Crippen molar-refractivity contribution in [3.05, 3.63) is 188 Å². The first kappa shape index (κ1) is 20.0. The fraction of sp³-hybridized carbons (Fsp3) is 0. The smallest absolute Gasteiger partial charge is 0.240 e. The van der Waals surface area contributed by atoms with E-state index in [4.69, 9.17) is 31.4 Å². The Balaban J connectivity index is 1.17. The summed E-state index contributed by atoms with van der Waals surface area (Å²) in [6, 6.07) is 19.2. The normalized spacial score (nSPS) is 15.8. The Labute approximate surface area is 353 Å². The molecule has 0 saturated heterocycles. The molecule has 12 aromatic rings. The average Bonchev–Trinajstić information content (AvgIpc) is 4.10. The van der Waals surface area contributed by atoms with Crippen LogP contribution in [0.25, 0.3) is 109 Å². The highest BCUT2D eigenvalue weighted by molar-refractivity contribution is 7.25. The summed E-state index contributed by atoms with van der Waals surface area (Å²) in [5.41, 5.74) is 2.48. The van der Waals surface area contributed by atoms with Crippen molar-refractivity contribution < 1.29 is 21.9 Å². The molecule has 6 heteroatoms. The molecule has 0 aliphatic carbocycles. The Morgan fingerprint density at radius 1 is 0.368 bits per heavy atom. The van der Waals surface area contributed by atoms with Gasteiger partial charge in [-0.05, 0) is 76.8 Å². The van der Waals surface area contributed by atoms with Gasteiger partial charge in [-0.25, -0.2) is 0 Å². The first-order valence-corrected chi connectivity index (χ1v) is 18.6. The minimum absolute atomic E-state index is 0.138. The van der Waals surface area contributed by atoms with Gasteiger partial charge in [-0.2, -0.15) is 15.0 Å². The van der Waals surface area contributed by atoms with Gasteiger partial charge in [-0.15, -0.1) is 11.3 Å². The molecule has 0 aliphatic heterocycles. The lowest BCUT2D eigenvalue weighted by Crippen LogP contribution is -2.10. The maximum absolute atomic E-state index is 9.21. The zero-order valence-corrected chi connectivity index (χ0v) is 30.1. The molecular weight excluding hydrogens is 715 g/mol. The van der Waals surface area contributed by atoms with Crippen molar-refractivity contribution in [2.24, 2.45) is 0 Å². The van der Waals surface area contributed by atoms with E-state index in [1.165, 1.54) is 4.70 Å². The molecule has 0 unspecified atom stereocenters. The van der Waals surface area contributed by atoms with E-state index >= 15 is 0 Å². The summed E-state index contributed by atoms with van der Waals surface area (Å²) in [6.45, 7) is 0. The number of para-hydroxylation sites is 4. The Morgan fingerprint density at radius 2 is 0.807 bits per heavy atom. The van der Waals surface area contributed by atoms with Gasteiger partial charge in [0.05, 0.1) is 44.0 Å². The molecule has 8 aromatic carbocycles. The number of nitrogens with zero attached hydrogens (tertiary/aromatic N) is 5. The molecule has 0 spiro atoms. The first-order valence-electron chi connectivity index (χ1n) is 25.8.